The molecular formula is C16H29N3. The summed E-state index contributed by atoms with van der Waals surface area (Å²) in [7, 11) is 0. The standard InChI is InChI=1S/C16H29N3/c1-3-8-14(17-4-2)13-15-11-12-19(18-15)16-9-6-5-7-10-16/h11-12,14,16-17H,3-10,13H2,1-2H3. The molecule has 0 spiro atoms. The first kappa shape index (κ1) is 14.6. The Hall–Kier alpha value is -0.830. The van der Waals surface area contributed by atoms with Gasteiger partial charge in [-0.25, -0.2) is 0 Å². The second kappa shape index (κ2) is 7.68. The summed E-state index contributed by atoms with van der Waals surface area (Å²) < 4.78 is 2.23. The van der Waals surface area contributed by atoms with E-state index in [0.29, 0.717) is 12.1 Å². The molecule has 0 amide bonds. The normalized spacial score (nSPS) is 18.6. The lowest BCUT2D eigenvalue weighted by Crippen LogP contribution is -2.31. The van der Waals surface area contributed by atoms with Gasteiger partial charge in [-0.15, -0.1) is 0 Å². The van der Waals surface area contributed by atoms with Gasteiger partial charge in [-0.3, -0.25) is 4.68 Å². The first-order chi connectivity index (χ1) is 9.33. The zero-order valence-corrected chi connectivity index (χ0v) is 12.6. The summed E-state index contributed by atoms with van der Waals surface area (Å²) in [6.07, 6.45) is 12.5. The number of hydrogen-bond donors (Lipinski definition) is 1. The fourth-order valence-electron chi connectivity index (χ4n) is 3.20. The van der Waals surface area contributed by atoms with Gasteiger partial charge in [0, 0.05) is 18.7 Å². The summed E-state index contributed by atoms with van der Waals surface area (Å²) >= 11 is 0. The Kier molecular flexibility index (Phi) is 5.90. The maximum Gasteiger partial charge on any atom is 0.0640 e. The molecule has 1 unspecified atom stereocenters. The number of nitrogens with one attached hydrogen (secondary N) is 1. The molecule has 3 nitrogen and oxygen atoms in total. The van der Waals surface area contributed by atoms with Crippen LogP contribution < -0.4 is 5.32 Å². The molecule has 0 saturated heterocycles. The first-order valence-electron chi connectivity index (χ1n) is 8.11. The zero-order valence-electron chi connectivity index (χ0n) is 12.6. The first-order valence-corrected chi connectivity index (χ1v) is 8.11. The number of rotatable bonds is 7. The van der Waals surface area contributed by atoms with Crippen molar-refractivity contribution in [1.82, 2.24) is 15.1 Å². The fourth-order valence-corrected chi connectivity index (χ4v) is 3.20. The Morgan fingerprint density at radius 1 is 1.32 bits per heavy atom. The zero-order chi connectivity index (χ0) is 13.5. The van der Waals surface area contributed by atoms with Crippen LogP contribution in [0.2, 0.25) is 0 Å². The number of likely N-dealkylation sites (N-methyl/N-ethyl adjacent to an activating group) is 1. The minimum atomic E-state index is 0.588. The molecule has 19 heavy (non-hydrogen) atoms. The Morgan fingerprint density at radius 3 is 2.79 bits per heavy atom. The molecular weight excluding hydrogens is 234 g/mol. The smallest absolute Gasteiger partial charge is 0.0640 e. The molecule has 3 heteroatoms. The minimum Gasteiger partial charge on any atom is -0.314 e. The van der Waals surface area contributed by atoms with E-state index in [1.807, 2.05) is 0 Å². The van der Waals surface area contributed by atoms with Crippen molar-refractivity contribution >= 4 is 0 Å². The topological polar surface area (TPSA) is 29.9 Å². The Bertz CT molecular complexity index is 347. The average Bonchev–Trinajstić information content (AvgIpc) is 2.89. The third-order valence-corrected chi connectivity index (χ3v) is 4.20. The maximum atomic E-state index is 4.81. The SMILES string of the molecule is CCCC(Cc1ccn(C2CCCCC2)n1)NCC. The molecule has 0 bridgehead atoms. The van der Waals surface area contributed by atoms with E-state index in [9.17, 15) is 0 Å². The van der Waals surface area contributed by atoms with Crippen LogP contribution in [0.1, 0.15) is 70.5 Å². The fraction of sp³-hybridized carbons (Fsp3) is 0.812. The van der Waals surface area contributed by atoms with Crippen LogP contribution >= 0.6 is 0 Å². The van der Waals surface area contributed by atoms with Crippen LogP contribution in [0.15, 0.2) is 12.3 Å². The van der Waals surface area contributed by atoms with E-state index in [1.165, 1.54) is 50.6 Å². The molecule has 1 atom stereocenters. The summed E-state index contributed by atoms with van der Waals surface area (Å²) in [5.41, 5.74) is 1.25. The largest absolute Gasteiger partial charge is 0.314 e. The second-order valence-corrected chi connectivity index (χ2v) is 5.83. The van der Waals surface area contributed by atoms with Crippen molar-refractivity contribution < 1.29 is 0 Å². The third kappa shape index (κ3) is 4.34. The van der Waals surface area contributed by atoms with E-state index in [0.717, 1.165) is 13.0 Å². The third-order valence-electron chi connectivity index (χ3n) is 4.20. The van der Waals surface area contributed by atoms with E-state index in [2.05, 4.69) is 36.1 Å². The maximum absolute atomic E-state index is 4.81. The molecule has 1 heterocycles. The van der Waals surface area contributed by atoms with Crippen molar-refractivity contribution in [2.24, 2.45) is 0 Å². The summed E-state index contributed by atoms with van der Waals surface area (Å²) in [4.78, 5) is 0. The quantitative estimate of drug-likeness (QED) is 0.812. The van der Waals surface area contributed by atoms with Gasteiger partial charge in [0.15, 0.2) is 0 Å². The number of nitrogens with zero attached hydrogens (tertiary/aromatic N) is 2. The lowest BCUT2D eigenvalue weighted by molar-refractivity contribution is 0.327. The van der Waals surface area contributed by atoms with Gasteiger partial charge in [0.2, 0.25) is 0 Å². The van der Waals surface area contributed by atoms with E-state index >= 15 is 0 Å². The number of hydrogen-bond acceptors (Lipinski definition) is 2. The lowest BCUT2D eigenvalue weighted by Gasteiger charge is -2.22. The molecule has 1 fully saturated rings. The van der Waals surface area contributed by atoms with Crippen molar-refractivity contribution in [3.8, 4) is 0 Å². The average molecular weight is 263 g/mol. The van der Waals surface area contributed by atoms with Gasteiger partial charge in [0.25, 0.3) is 0 Å². The Labute approximate surface area is 117 Å². The monoisotopic (exact) mass is 263 g/mol. The molecule has 1 aromatic heterocycles. The molecule has 2 rings (SSSR count). The summed E-state index contributed by atoms with van der Waals surface area (Å²) in [5, 5.41) is 8.39. The van der Waals surface area contributed by atoms with Crippen LogP contribution in [0.5, 0.6) is 0 Å². The Morgan fingerprint density at radius 2 is 2.11 bits per heavy atom. The number of aromatic nitrogens is 2. The second-order valence-electron chi connectivity index (χ2n) is 5.83. The Balaban J connectivity index is 1.91. The van der Waals surface area contributed by atoms with Crippen LogP contribution in [0.4, 0.5) is 0 Å². The molecule has 1 aromatic rings. The van der Waals surface area contributed by atoms with Gasteiger partial charge in [-0.05, 0) is 31.9 Å². The van der Waals surface area contributed by atoms with Crippen molar-refractivity contribution in [2.75, 3.05) is 6.54 Å². The van der Waals surface area contributed by atoms with E-state index < -0.39 is 0 Å². The molecule has 108 valence electrons. The van der Waals surface area contributed by atoms with E-state index in [-0.39, 0.29) is 0 Å². The predicted octanol–water partition coefficient (Wildman–Crippen LogP) is 3.71. The highest BCUT2D eigenvalue weighted by Gasteiger charge is 2.17. The van der Waals surface area contributed by atoms with Crippen LogP contribution in [0, 0.1) is 0 Å². The van der Waals surface area contributed by atoms with Gasteiger partial charge in [0.1, 0.15) is 0 Å². The highest BCUT2D eigenvalue weighted by molar-refractivity contribution is 5.02. The van der Waals surface area contributed by atoms with E-state index in [1.54, 1.807) is 0 Å². The van der Waals surface area contributed by atoms with Crippen LogP contribution in [0.25, 0.3) is 0 Å². The van der Waals surface area contributed by atoms with Gasteiger partial charge >= 0.3 is 0 Å². The summed E-state index contributed by atoms with van der Waals surface area (Å²) in [6, 6.07) is 3.46. The van der Waals surface area contributed by atoms with Gasteiger partial charge in [-0.2, -0.15) is 5.10 Å². The molecule has 1 saturated carbocycles. The summed E-state index contributed by atoms with van der Waals surface area (Å²) in [5.74, 6) is 0. The van der Waals surface area contributed by atoms with Gasteiger partial charge in [0.05, 0.1) is 11.7 Å². The minimum absolute atomic E-state index is 0.588. The highest BCUT2D eigenvalue weighted by Crippen LogP contribution is 2.27. The van der Waals surface area contributed by atoms with Crippen LogP contribution in [-0.2, 0) is 6.42 Å². The summed E-state index contributed by atoms with van der Waals surface area (Å²) in [6.45, 7) is 5.49. The molecule has 1 N–H and O–H groups in total. The molecule has 0 aromatic carbocycles. The lowest BCUT2D eigenvalue weighted by atomic mass is 9.96. The van der Waals surface area contributed by atoms with Gasteiger partial charge < -0.3 is 5.32 Å². The van der Waals surface area contributed by atoms with Crippen molar-refractivity contribution in [1.29, 1.82) is 0 Å². The molecule has 0 aliphatic heterocycles. The van der Waals surface area contributed by atoms with Crippen LogP contribution in [-0.4, -0.2) is 22.4 Å². The van der Waals surface area contributed by atoms with Crippen molar-refractivity contribution in [3.05, 3.63) is 18.0 Å². The van der Waals surface area contributed by atoms with E-state index in [4.69, 9.17) is 5.10 Å². The highest BCUT2D eigenvalue weighted by atomic mass is 15.3. The predicted molar refractivity (Wildman–Crippen MR) is 80.4 cm³/mol. The molecule has 1 aliphatic carbocycles. The van der Waals surface area contributed by atoms with Crippen molar-refractivity contribution in [3.63, 3.8) is 0 Å². The van der Waals surface area contributed by atoms with Gasteiger partial charge in [-0.1, -0.05) is 39.5 Å². The molecule has 0 radical (unpaired) electrons. The van der Waals surface area contributed by atoms with Crippen molar-refractivity contribution in [2.45, 2.75) is 77.3 Å². The molecule has 1 aliphatic rings. The van der Waals surface area contributed by atoms with Crippen LogP contribution in [0.3, 0.4) is 0 Å².